The molecule has 29 heavy (non-hydrogen) atoms. The maximum atomic E-state index is 12.8. The van der Waals surface area contributed by atoms with Crippen LogP contribution in [0.4, 0.5) is 0 Å². The molecular formula is C24H28N4O. The average molecular weight is 389 g/mol. The fraction of sp³-hybridized carbons (Fsp3) is 0.333. The number of aromatic amines is 1. The highest BCUT2D eigenvalue weighted by atomic mass is 16.1. The van der Waals surface area contributed by atoms with Gasteiger partial charge in [0.15, 0.2) is 0 Å². The summed E-state index contributed by atoms with van der Waals surface area (Å²) >= 11 is 0. The van der Waals surface area contributed by atoms with Gasteiger partial charge in [0, 0.05) is 30.6 Å². The van der Waals surface area contributed by atoms with Crippen molar-refractivity contribution in [3.8, 4) is 0 Å². The Morgan fingerprint density at radius 2 is 1.90 bits per heavy atom. The highest BCUT2D eigenvalue weighted by Crippen LogP contribution is 2.24. The molecule has 4 rings (SSSR count). The molecule has 1 amide bonds. The van der Waals surface area contributed by atoms with Gasteiger partial charge in [-0.2, -0.15) is 0 Å². The van der Waals surface area contributed by atoms with E-state index in [9.17, 15) is 4.79 Å². The number of nitrogens with one attached hydrogen (secondary N) is 2. The number of fused-ring (bicyclic) bond motifs is 2. The first-order valence-electron chi connectivity index (χ1n) is 10.3. The second-order valence-electron chi connectivity index (χ2n) is 8.17. The van der Waals surface area contributed by atoms with Gasteiger partial charge in [-0.3, -0.25) is 4.79 Å². The normalized spacial score (nSPS) is 12.7. The van der Waals surface area contributed by atoms with Gasteiger partial charge in [-0.1, -0.05) is 44.2 Å². The van der Waals surface area contributed by atoms with E-state index in [2.05, 4.69) is 47.0 Å². The molecule has 0 saturated carbocycles. The SMILES string of the molecule is CC(C)CC(NC(=O)CCc1cn(C)c2ccccc12)c1nc2ccccc2[nH]1. The van der Waals surface area contributed by atoms with E-state index in [1.807, 2.05) is 43.4 Å². The molecule has 4 aromatic rings. The molecule has 0 aliphatic rings. The zero-order valence-electron chi connectivity index (χ0n) is 17.3. The number of carbonyl (C=O) groups excluding carboxylic acids is 1. The lowest BCUT2D eigenvalue weighted by Crippen LogP contribution is -2.30. The van der Waals surface area contributed by atoms with E-state index in [0.717, 1.165) is 29.7 Å². The Bertz CT molecular complexity index is 1110. The lowest BCUT2D eigenvalue weighted by atomic mass is 10.0. The molecule has 2 aromatic carbocycles. The van der Waals surface area contributed by atoms with Crippen molar-refractivity contribution in [2.45, 2.75) is 39.2 Å². The minimum Gasteiger partial charge on any atom is -0.350 e. The topological polar surface area (TPSA) is 62.7 Å². The monoisotopic (exact) mass is 388 g/mol. The van der Waals surface area contributed by atoms with Gasteiger partial charge in [-0.15, -0.1) is 0 Å². The van der Waals surface area contributed by atoms with Crippen molar-refractivity contribution in [2.24, 2.45) is 13.0 Å². The predicted octanol–water partition coefficient (Wildman–Crippen LogP) is 4.89. The second kappa shape index (κ2) is 8.11. The van der Waals surface area contributed by atoms with Crippen molar-refractivity contribution < 1.29 is 4.79 Å². The largest absolute Gasteiger partial charge is 0.350 e. The van der Waals surface area contributed by atoms with Crippen LogP contribution >= 0.6 is 0 Å². The number of hydrogen-bond donors (Lipinski definition) is 2. The van der Waals surface area contributed by atoms with Crippen molar-refractivity contribution in [3.63, 3.8) is 0 Å². The fourth-order valence-electron chi connectivity index (χ4n) is 3.99. The third kappa shape index (κ3) is 4.19. The number of amides is 1. The van der Waals surface area contributed by atoms with Gasteiger partial charge >= 0.3 is 0 Å². The number of hydrogen-bond acceptors (Lipinski definition) is 2. The average Bonchev–Trinajstić information content (AvgIpc) is 3.27. The maximum absolute atomic E-state index is 12.8. The van der Waals surface area contributed by atoms with Crippen LogP contribution in [0.2, 0.25) is 0 Å². The summed E-state index contributed by atoms with van der Waals surface area (Å²) in [6, 6.07) is 16.2. The minimum atomic E-state index is -0.109. The minimum absolute atomic E-state index is 0.0593. The Morgan fingerprint density at radius 3 is 2.69 bits per heavy atom. The number of aromatic nitrogens is 3. The molecular weight excluding hydrogens is 360 g/mol. The molecule has 0 bridgehead atoms. The molecule has 5 nitrogen and oxygen atoms in total. The Morgan fingerprint density at radius 1 is 1.14 bits per heavy atom. The summed E-state index contributed by atoms with van der Waals surface area (Å²) in [7, 11) is 2.05. The molecule has 0 aliphatic heterocycles. The first kappa shape index (κ1) is 19.2. The van der Waals surface area contributed by atoms with Crippen molar-refractivity contribution in [3.05, 3.63) is 66.1 Å². The lowest BCUT2D eigenvalue weighted by molar-refractivity contribution is -0.122. The van der Waals surface area contributed by atoms with Gasteiger partial charge < -0.3 is 14.9 Å². The van der Waals surface area contributed by atoms with Gasteiger partial charge in [-0.25, -0.2) is 4.98 Å². The number of para-hydroxylation sites is 3. The Kier molecular flexibility index (Phi) is 5.38. The molecule has 0 fully saturated rings. The summed E-state index contributed by atoms with van der Waals surface area (Å²) in [4.78, 5) is 20.9. The van der Waals surface area contributed by atoms with Crippen LogP contribution in [0.5, 0.6) is 0 Å². The van der Waals surface area contributed by atoms with Gasteiger partial charge in [-0.05, 0) is 42.5 Å². The molecule has 2 N–H and O–H groups in total. The number of H-pyrrole nitrogens is 1. The third-order valence-corrected chi connectivity index (χ3v) is 5.38. The van der Waals surface area contributed by atoms with Crippen LogP contribution in [0, 0.1) is 5.92 Å². The molecule has 1 unspecified atom stereocenters. The van der Waals surface area contributed by atoms with E-state index in [4.69, 9.17) is 4.98 Å². The second-order valence-corrected chi connectivity index (χ2v) is 8.17. The van der Waals surface area contributed by atoms with E-state index in [1.54, 1.807) is 0 Å². The molecule has 2 aromatic heterocycles. The summed E-state index contributed by atoms with van der Waals surface area (Å²) in [6.07, 6.45) is 4.16. The van der Waals surface area contributed by atoms with Gasteiger partial charge in [0.1, 0.15) is 5.82 Å². The molecule has 2 heterocycles. The summed E-state index contributed by atoms with van der Waals surface area (Å²) < 4.78 is 2.12. The Hall–Kier alpha value is -3.08. The smallest absolute Gasteiger partial charge is 0.220 e. The molecule has 150 valence electrons. The molecule has 0 saturated heterocycles. The van der Waals surface area contributed by atoms with Crippen molar-refractivity contribution >= 4 is 27.8 Å². The number of rotatable bonds is 7. The number of carbonyl (C=O) groups is 1. The maximum Gasteiger partial charge on any atom is 0.220 e. The molecule has 5 heteroatoms. The standard InChI is InChI=1S/C24H28N4O/c1-16(2)14-21(24-26-19-9-5-6-10-20(19)27-24)25-23(29)13-12-17-15-28(3)22-11-7-4-8-18(17)22/h4-11,15-16,21H,12-14H2,1-3H3,(H,25,29)(H,26,27). The number of imidazole rings is 1. The summed E-state index contributed by atoms with van der Waals surface area (Å²) in [5, 5.41) is 4.43. The zero-order valence-corrected chi connectivity index (χ0v) is 17.3. The molecule has 0 aliphatic carbocycles. The van der Waals surface area contributed by atoms with E-state index < -0.39 is 0 Å². The Labute approximate surface area is 171 Å². The van der Waals surface area contributed by atoms with Gasteiger partial charge in [0.2, 0.25) is 5.91 Å². The van der Waals surface area contributed by atoms with Crippen LogP contribution in [0.1, 0.15) is 44.1 Å². The van der Waals surface area contributed by atoms with E-state index >= 15 is 0 Å². The number of benzene rings is 2. The summed E-state index contributed by atoms with van der Waals surface area (Å²) in [6.45, 7) is 4.33. The number of nitrogens with zero attached hydrogens (tertiary/aromatic N) is 2. The van der Waals surface area contributed by atoms with Crippen LogP contribution in [-0.2, 0) is 18.3 Å². The first-order valence-corrected chi connectivity index (χ1v) is 10.3. The lowest BCUT2D eigenvalue weighted by Gasteiger charge is -2.18. The van der Waals surface area contributed by atoms with Gasteiger partial charge in [0.25, 0.3) is 0 Å². The van der Waals surface area contributed by atoms with Crippen LogP contribution in [0.25, 0.3) is 21.9 Å². The van der Waals surface area contributed by atoms with Crippen LogP contribution in [-0.4, -0.2) is 20.4 Å². The van der Waals surface area contributed by atoms with Crippen molar-refractivity contribution in [2.75, 3.05) is 0 Å². The molecule has 0 spiro atoms. The third-order valence-electron chi connectivity index (χ3n) is 5.38. The van der Waals surface area contributed by atoms with Crippen LogP contribution in [0.3, 0.4) is 0 Å². The van der Waals surface area contributed by atoms with Crippen molar-refractivity contribution in [1.29, 1.82) is 0 Å². The quantitative estimate of drug-likeness (QED) is 0.473. The summed E-state index contributed by atoms with van der Waals surface area (Å²) in [5.74, 6) is 1.34. The predicted molar refractivity (Wildman–Crippen MR) is 118 cm³/mol. The number of aryl methyl sites for hydroxylation is 2. The highest BCUT2D eigenvalue weighted by Gasteiger charge is 2.20. The molecule has 0 radical (unpaired) electrons. The zero-order chi connectivity index (χ0) is 20.4. The first-order chi connectivity index (χ1) is 14.0. The van der Waals surface area contributed by atoms with Crippen LogP contribution in [0.15, 0.2) is 54.7 Å². The Balaban J connectivity index is 1.47. The van der Waals surface area contributed by atoms with Crippen LogP contribution < -0.4 is 5.32 Å². The molecule has 1 atom stereocenters. The van der Waals surface area contributed by atoms with Crippen molar-refractivity contribution in [1.82, 2.24) is 19.9 Å². The van der Waals surface area contributed by atoms with Gasteiger partial charge in [0.05, 0.1) is 17.1 Å². The summed E-state index contributed by atoms with van der Waals surface area (Å²) in [5.41, 5.74) is 4.34. The van der Waals surface area contributed by atoms with E-state index in [-0.39, 0.29) is 11.9 Å². The fourth-order valence-corrected chi connectivity index (χ4v) is 3.99. The van der Waals surface area contributed by atoms with E-state index in [0.29, 0.717) is 12.3 Å². The van der Waals surface area contributed by atoms with E-state index in [1.165, 1.54) is 16.5 Å². The highest BCUT2D eigenvalue weighted by molar-refractivity contribution is 5.85.